The van der Waals surface area contributed by atoms with Gasteiger partial charge in [0.1, 0.15) is 12.3 Å². The van der Waals surface area contributed by atoms with Gasteiger partial charge in [-0.15, -0.1) is 0 Å². The number of ether oxygens (including phenoxy) is 4. The maximum absolute atomic E-state index is 12.8. The number of benzene rings is 1. The molecule has 1 aromatic carbocycles. The van der Waals surface area contributed by atoms with Gasteiger partial charge in [-0.05, 0) is 24.6 Å². The summed E-state index contributed by atoms with van der Waals surface area (Å²) in [4.78, 5) is 48.7. The van der Waals surface area contributed by atoms with Gasteiger partial charge < -0.3 is 40.5 Å². The van der Waals surface area contributed by atoms with Crippen LogP contribution in [0.15, 0.2) is 18.2 Å². The zero-order valence-corrected chi connectivity index (χ0v) is 19.7. The Morgan fingerprint density at radius 3 is 2.06 bits per heavy atom. The van der Waals surface area contributed by atoms with E-state index in [2.05, 4.69) is 5.32 Å². The third-order valence-corrected chi connectivity index (χ3v) is 5.07. The van der Waals surface area contributed by atoms with E-state index < -0.39 is 23.8 Å². The van der Waals surface area contributed by atoms with Crippen LogP contribution in [0.3, 0.4) is 0 Å². The SMILES string of the molecule is NCCOCCOCCOCCOCCNc1ccc2c(c1)C(=O)N(C(CCC=O)C(N)=O)C2=O. The zero-order valence-electron chi connectivity index (χ0n) is 19.7. The number of hydrogen-bond acceptors (Lipinski definition) is 10. The number of amides is 3. The number of nitrogens with two attached hydrogens (primary N) is 2. The Balaban J connectivity index is 1.66. The maximum atomic E-state index is 12.8. The van der Waals surface area contributed by atoms with Crippen molar-refractivity contribution in [2.24, 2.45) is 11.5 Å². The Hall–Kier alpha value is -2.90. The van der Waals surface area contributed by atoms with E-state index in [0.717, 1.165) is 4.90 Å². The first kappa shape index (κ1) is 28.3. The quantitative estimate of drug-likeness (QED) is 0.122. The summed E-state index contributed by atoms with van der Waals surface area (Å²) in [6.45, 7) is 4.69. The summed E-state index contributed by atoms with van der Waals surface area (Å²) in [6, 6.07) is 3.58. The minimum Gasteiger partial charge on any atom is -0.383 e. The summed E-state index contributed by atoms with van der Waals surface area (Å²) >= 11 is 0. The number of imide groups is 1. The molecule has 1 atom stereocenters. The van der Waals surface area contributed by atoms with Crippen molar-refractivity contribution in [3.63, 3.8) is 0 Å². The number of primary amides is 1. The Labute approximate surface area is 204 Å². The normalized spacial score (nSPS) is 13.7. The summed E-state index contributed by atoms with van der Waals surface area (Å²) in [5.41, 5.74) is 11.7. The molecular formula is C23H34N4O8. The molecule has 0 radical (unpaired) electrons. The number of aldehydes is 1. The Kier molecular flexibility index (Phi) is 12.9. The lowest BCUT2D eigenvalue weighted by Crippen LogP contribution is -2.47. The predicted octanol–water partition coefficient (Wildman–Crippen LogP) is -0.447. The molecule has 0 saturated carbocycles. The monoisotopic (exact) mass is 494 g/mol. The molecule has 1 heterocycles. The van der Waals surface area contributed by atoms with Crippen LogP contribution in [0.25, 0.3) is 0 Å². The summed E-state index contributed by atoms with van der Waals surface area (Å²) in [7, 11) is 0. The first-order chi connectivity index (χ1) is 17.0. The second-order valence-electron chi connectivity index (χ2n) is 7.57. The lowest BCUT2D eigenvalue weighted by Gasteiger charge is -2.22. The molecule has 35 heavy (non-hydrogen) atoms. The van der Waals surface area contributed by atoms with Crippen molar-refractivity contribution < 1.29 is 38.1 Å². The fourth-order valence-electron chi connectivity index (χ4n) is 3.39. The molecule has 2 rings (SSSR count). The van der Waals surface area contributed by atoms with Crippen molar-refractivity contribution in [2.45, 2.75) is 18.9 Å². The van der Waals surface area contributed by atoms with Crippen molar-refractivity contribution >= 4 is 29.7 Å². The highest BCUT2D eigenvalue weighted by Gasteiger charge is 2.42. The largest absolute Gasteiger partial charge is 0.383 e. The van der Waals surface area contributed by atoms with E-state index in [9.17, 15) is 19.2 Å². The molecule has 1 unspecified atom stereocenters. The lowest BCUT2D eigenvalue weighted by atomic mass is 10.1. The van der Waals surface area contributed by atoms with E-state index in [1.54, 1.807) is 12.1 Å². The lowest BCUT2D eigenvalue weighted by molar-refractivity contribution is -0.122. The molecule has 0 bridgehead atoms. The Bertz CT molecular complexity index is 851. The molecule has 12 heteroatoms. The summed E-state index contributed by atoms with van der Waals surface area (Å²) in [6.07, 6.45) is 0.618. The molecule has 1 aliphatic heterocycles. The first-order valence-corrected chi connectivity index (χ1v) is 11.5. The van der Waals surface area contributed by atoms with Crippen LogP contribution in [0.1, 0.15) is 33.6 Å². The van der Waals surface area contributed by atoms with Crippen LogP contribution in [-0.4, -0.2) is 101 Å². The van der Waals surface area contributed by atoms with Gasteiger partial charge in [0, 0.05) is 25.2 Å². The molecule has 0 spiro atoms. The maximum Gasteiger partial charge on any atom is 0.262 e. The number of carbonyl (C=O) groups is 4. The smallest absolute Gasteiger partial charge is 0.262 e. The number of hydrogen-bond donors (Lipinski definition) is 3. The van der Waals surface area contributed by atoms with E-state index in [-0.39, 0.29) is 24.0 Å². The van der Waals surface area contributed by atoms with Crippen LogP contribution in [-0.2, 0) is 28.5 Å². The van der Waals surface area contributed by atoms with Crippen LogP contribution in [0, 0.1) is 0 Å². The van der Waals surface area contributed by atoms with Crippen LogP contribution in [0.4, 0.5) is 5.69 Å². The molecular weight excluding hydrogens is 460 g/mol. The van der Waals surface area contributed by atoms with Crippen LogP contribution < -0.4 is 16.8 Å². The van der Waals surface area contributed by atoms with Crippen molar-refractivity contribution in [1.29, 1.82) is 0 Å². The van der Waals surface area contributed by atoms with Crippen molar-refractivity contribution in [2.75, 3.05) is 71.3 Å². The molecule has 0 fully saturated rings. The second-order valence-corrected chi connectivity index (χ2v) is 7.57. The number of nitrogens with zero attached hydrogens (tertiary/aromatic N) is 1. The standard InChI is InChI=1S/C23H34N4O8/c24-5-8-32-10-12-34-14-15-35-13-11-33-9-6-26-17-3-4-18-19(16-17)23(31)27(22(18)30)20(21(25)29)2-1-7-28/h3-4,7,16,20,26H,1-2,5-6,8-15,24H2,(H2,25,29). The van der Waals surface area contributed by atoms with Gasteiger partial charge in [0.25, 0.3) is 11.8 Å². The summed E-state index contributed by atoms with van der Waals surface area (Å²) < 4.78 is 21.4. The number of carbonyl (C=O) groups excluding carboxylic acids is 4. The van der Waals surface area contributed by atoms with Crippen LogP contribution in [0.5, 0.6) is 0 Å². The first-order valence-electron chi connectivity index (χ1n) is 11.5. The van der Waals surface area contributed by atoms with E-state index in [1.807, 2.05) is 0 Å². The predicted molar refractivity (Wildman–Crippen MR) is 126 cm³/mol. The summed E-state index contributed by atoms with van der Waals surface area (Å²) in [5.74, 6) is -2.04. The fraction of sp³-hybridized carbons (Fsp3) is 0.565. The number of nitrogens with one attached hydrogen (secondary N) is 1. The van der Waals surface area contributed by atoms with Gasteiger partial charge in [-0.2, -0.15) is 0 Å². The molecule has 5 N–H and O–H groups in total. The molecule has 12 nitrogen and oxygen atoms in total. The van der Waals surface area contributed by atoms with E-state index >= 15 is 0 Å². The zero-order chi connectivity index (χ0) is 25.5. The van der Waals surface area contributed by atoms with Gasteiger partial charge in [-0.3, -0.25) is 19.3 Å². The highest BCUT2D eigenvalue weighted by atomic mass is 16.6. The molecule has 0 aliphatic carbocycles. The number of anilines is 1. The van der Waals surface area contributed by atoms with Gasteiger partial charge >= 0.3 is 0 Å². The average molecular weight is 495 g/mol. The minimum absolute atomic E-state index is 0.00627. The van der Waals surface area contributed by atoms with E-state index in [4.69, 9.17) is 30.4 Å². The van der Waals surface area contributed by atoms with Gasteiger partial charge in [-0.1, -0.05) is 0 Å². The van der Waals surface area contributed by atoms with Crippen LogP contribution in [0.2, 0.25) is 0 Å². The van der Waals surface area contributed by atoms with Crippen molar-refractivity contribution in [3.8, 4) is 0 Å². The average Bonchev–Trinajstić information content (AvgIpc) is 3.09. The Morgan fingerprint density at radius 1 is 0.914 bits per heavy atom. The fourth-order valence-corrected chi connectivity index (χ4v) is 3.39. The third-order valence-electron chi connectivity index (χ3n) is 5.07. The third kappa shape index (κ3) is 9.00. The van der Waals surface area contributed by atoms with E-state index in [0.29, 0.717) is 77.9 Å². The van der Waals surface area contributed by atoms with Crippen molar-refractivity contribution in [3.05, 3.63) is 29.3 Å². The van der Waals surface area contributed by atoms with Gasteiger partial charge in [0.2, 0.25) is 5.91 Å². The number of rotatable bonds is 20. The molecule has 3 amide bonds. The molecule has 0 saturated heterocycles. The minimum atomic E-state index is -1.17. The van der Waals surface area contributed by atoms with Gasteiger partial charge in [0.15, 0.2) is 0 Å². The highest BCUT2D eigenvalue weighted by molar-refractivity contribution is 6.23. The number of fused-ring (bicyclic) bond motifs is 1. The highest BCUT2D eigenvalue weighted by Crippen LogP contribution is 2.28. The van der Waals surface area contributed by atoms with E-state index in [1.165, 1.54) is 6.07 Å². The summed E-state index contributed by atoms with van der Waals surface area (Å²) in [5, 5.41) is 3.13. The molecule has 1 aromatic rings. The molecule has 0 aromatic heterocycles. The van der Waals surface area contributed by atoms with Gasteiger partial charge in [0.05, 0.1) is 64.0 Å². The topological polar surface area (TPSA) is 173 Å². The van der Waals surface area contributed by atoms with Crippen molar-refractivity contribution in [1.82, 2.24) is 4.90 Å². The molecule has 194 valence electrons. The molecule has 1 aliphatic rings. The van der Waals surface area contributed by atoms with Crippen LogP contribution >= 0.6 is 0 Å². The Morgan fingerprint density at radius 2 is 1.49 bits per heavy atom. The van der Waals surface area contributed by atoms with Gasteiger partial charge in [-0.25, -0.2) is 0 Å². The second kappa shape index (κ2) is 15.9.